The van der Waals surface area contributed by atoms with Crippen molar-refractivity contribution in [1.82, 2.24) is 0 Å². The predicted octanol–water partition coefficient (Wildman–Crippen LogP) is 2.10. The molecule has 1 aliphatic carbocycles. The SMILES string of the molecule is O=C(c1cc([N+](=O)[O-])cc([N+](=O)[O-])c1)C1CC1. The van der Waals surface area contributed by atoms with Crippen LogP contribution in [-0.2, 0) is 0 Å². The lowest BCUT2D eigenvalue weighted by atomic mass is 10.1. The van der Waals surface area contributed by atoms with E-state index in [9.17, 15) is 25.0 Å². The Balaban J connectivity index is 2.46. The molecule has 0 bridgehead atoms. The molecule has 0 atom stereocenters. The highest BCUT2D eigenvalue weighted by molar-refractivity contribution is 6.00. The van der Waals surface area contributed by atoms with Crippen molar-refractivity contribution in [3.63, 3.8) is 0 Å². The summed E-state index contributed by atoms with van der Waals surface area (Å²) in [5.74, 6) is -0.381. The number of nitro groups is 2. The molecule has 0 radical (unpaired) electrons. The Bertz CT molecular complexity index is 489. The molecule has 2 rings (SSSR count). The monoisotopic (exact) mass is 236 g/mol. The maximum Gasteiger partial charge on any atom is 0.277 e. The molecular weight excluding hydrogens is 228 g/mol. The van der Waals surface area contributed by atoms with Gasteiger partial charge in [0, 0.05) is 23.6 Å². The average molecular weight is 236 g/mol. The molecule has 1 fully saturated rings. The van der Waals surface area contributed by atoms with E-state index in [2.05, 4.69) is 0 Å². The first-order valence-electron chi connectivity index (χ1n) is 4.97. The summed E-state index contributed by atoms with van der Waals surface area (Å²) in [6.07, 6.45) is 1.49. The Morgan fingerprint density at radius 1 is 1.06 bits per heavy atom. The van der Waals surface area contributed by atoms with E-state index in [1.165, 1.54) is 0 Å². The van der Waals surface area contributed by atoms with Gasteiger partial charge in [0.05, 0.1) is 15.9 Å². The minimum Gasteiger partial charge on any atom is -0.294 e. The number of rotatable bonds is 4. The van der Waals surface area contributed by atoms with Gasteiger partial charge < -0.3 is 0 Å². The Morgan fingerprint density at radius 2 is 1.53 bits per heavy atom. The molecule has 1 aromatic carbocycles. The number of carbonyl (C=O) groups excluding carboxylic acids is 1. The fraction of sp³-hybridized carbons (Fsp3) is 0.300. The standard InChI is InChI=1S/C10H8N2O5/c13-10(6-1-2-6)7-3-8(11(14)15)5-9(4-7)12(16)17/h3-6H,1-2H2. The number of hydrogen-bond acceptors (Lipinski definition) is 5. The normalized spacial score (nSPS) is 14.4. The first-order chi connectivity index (χ1) is 7.99. The summed E-state index contributed by atoms with van der Waals surface area (Å²) in [6, 6.07) is 3.03. The van der Waals surface area contributed by atoms with Gasteiger partial charge in [0.15, 0.2) is 5.78 Å². The predicted molar refractivity (Wildman–Crippen MR) is 56.8 cm³/mol. The van der Waals surface area contributed by atoms with Crippen LogP contribution >= 0.6 is 0 Å². The van der Waals surface area contributed by atoms with Crippen molar-refractivity contribution >= 4 is 17.2 Å². The number of nitrogens with zero attached hydrogens (tertiary/aromatic N) is 2. The van der Waals surface area contributed by atoms with Crippen molar-refractivity contribution in [2.45, 2.75) is 12.8 Å². The van der Waals surface area contributed by atoms with Crippen LogP contribution in [0.15, 0.2) is 18.2 Å². The van der Waals surface area contributed by atoms with Crippen molar-refractivity contribution < 1.29 is 14.6 Å². The summed E-state index contributed by atoms with van der Waals surface area (Å²) in [7, 11) is 0. The van der Waals surface area contributed by atoms with E-state index in [0.717, 1.165) is 31.0 Å². The average Bonchev–Trinajstić information content (AvgIpc) is 3.11. The molecule has 0 N–H and O–H groups in total. The minimum atomic E-state index is -0.739. The van der Waals surface area contributed by atoms with E-state index >= 15 is 0 Å². The van der Waals surface area contributed by atoms with Crippen LogP contribution in [0.4, 0.5) is 11.4 Å². The maximum absolute atomic E-state index is 11.7. The second-order valence-electron chi connectivity index (χ2n) is 3.89. The fourth-order valence-corrected chi connectivity index (χ4v) is 1.53. The van der Waals surface area contributed by atoms with E-state index in [1.54, 1.807) is 0 Å². The zero-order valence-electron chi connectivity index (χ0n) is 8.66. The van der Waals surface area contributed by atoms with Gasteiger partial charge in [-0.2, -0.15) is 0 Å². The lowest BCUT2D eigenvalue weighted by Crippen LogP contribution is -2.03. The van der Waals surface area contributed by atoms with Gasteiger partial charge in [-0.05, 0) is 12.8 Å². The molecule has 7 heteroatoms. The first-order valence-corrected chi connectivity index (χ1v) is 4.97. The molecular formula is C10H8N2O5. The third kappa shape index (κ3) is 2.27. The summed E-state index contributed by atoms with van der Waals surface area (Å²) in [6.45, 7) is 0. The van der Waals surface area contributed by atoms with E-state index in [0.29, 0.717) is 0 Å². The van der Waals surface area contributed by atoms with Crippen LogP contribution in [0, 0.1) is 26.1 Å². The highest BCUT2D eigenvalue weighted by atomic mass is 16.6. The Hall–Kier alpha value is -2.31. The topological polar surface area (TPSA) is 103 Å². The summed E-state index contributed by atoms with van der Waals surface area (Å²) >= 11 is 0. The van der Waals surface area contributed by atoms with Crippen LogP contribution in [-0.4, -0.2) is 15.6 Å². The molecule has 1 aliphatic rings. The van der Waals surface area contributed by atoms with Gasteiger partial charge in [0.2, 0.25) is 0 Å². The van der Waals surface area contributed by atoms with Gasteiger partial charge in [0.1, 0.15) is 0 Å². The second kappa shape index (κ2) is 3.93. The lowest BCUT2D eigenvalue weighted by molar-refractivity contribution is -0.394. The van der Waals surface area contributed by atoms with Crippen LogP contribution in [0.25, 0.3) is 0 Å². The maximum atomic E-state index is 11.7. The molecule has 0 unspecified atom stereocenters. The van der Waals surface area contributed by atoms with Gasteiger partial charge in [-0.3, -0.25) is 25.0 Å². The molecule has 0 heterocycles. The zero-order chi connectivity index (χ0) is 12.6. The van der Waals surface area contributed by atoms with E-state index in [4.69, 9.17) is 0 Å². The highest BCUT2D eigenvalue weighted by Gasteiger charge is 2.32. The zero-order valence-corrected chi connectivity index (χ0v) is 8.66. The molecule has 0 aliphatic heterocycles. The molecule has 7 nitrogen and oxygen atoms in total. The molecule has 17 heavy (non-hydrogen) atoms. The van der Waals surface area contributed by atoms with Crippen LogP contribution in [0.3, 0.4) is 0 Å². The minimum absolute atomic E-state index is 0.0494. The molecule has 0 spiro atoms. The summed E-state index contributed by atoms with van der Waals surface area (Å²) in [4.78, 5) is 31.4. The van der Waals surface area contributed by atoms with Crippen LogP contribution < -0.4 is 0 Å². The van der Waals surface area contributed by atoms with Crippen molar-refractivity contribution in [3.05, 3.63) is 44.0 Å². The van der Waals surface area contributed by atoms with E-state index < -0.39 is 21.2 Å². The van der Waals surface area contributed by atoms with Crippen LogP contribution in [0.2, 0.25) is 0 Å². The van der Waals surface area contributed by atoms with Crippen molar-refractivity contribution in [1.29, 1.82) is 0 Å². The third-order valence-electron chi connectivity index (χ3n) is 2.56. The molecule has 0 aromatic heterocycles. The fourth-order valence-electron chi connectivity index (χ4n) is 1.53. The molecule has 1 aromatic rings. The number of non-ortho nitro benzene ring substituents is 2. The summed E-state index contributed by atoms with van der Waals surface area (Å²) < 4.78 is 0. The van der Waals surface area contributed by atoms with Crippen molar-refractivity contribution in [3.8, 4) is 0 Å². The largest absolute Gasteiger partial charge is 0.294 e. The molecule has 0 saturated heterocycles. The van der Waals surface area contributed by atoms with E-state index in [-0.39, 0.29) is 17.3 Å². The van der Waals surface area contributed by atoms with Gasteiger partial charge in [-0.1, -0.05) is 0 Å². The lowest BCUT2D eigenvalue weighted by Gasteiger charge is -1.99. The molecule has 88 valence electrons. The van der Waals surface area contributed by atoms with E-state index in [1.807, 2.05) is 0 Å². The van der Waals surface area contributed by atoms with Gasteiger partial charge in [-0.15, -0.1) is 0 Å². The number of ketones is 1. The highest BCUT2D eigenvalue weighted by Crippen LogP contribution is 2.34. The number of hydrogen-bond donors (Lipinski definition) is 0. The molecule has 1 saturated carbocycles. The summed E-state index contributed by atoms with van der Waals surface area (Å²) in [5, 5.41) is 21.2. The Labute approximate surface area is 95.4 Å². The second-order valence-corrected chi connectivity index (χ2v) is 3.89. The molecule has 0 amide bonds. The van der Waals surface area contributed by atoms with Gasteiger partial charge in [-0.25, -0.2) is 0 Å². The van der Waals surface area contributed by atoms with Crippen LogP contribution in [0.5, 0.6) is 0 Å². The Morgan fingerprint density at radius 3 is 1.88 bits per heavy atom. The van der Waals surface area contributed by atoms with Crippen molar-refractivity contribution in [2.75, 3.05) is 0 Å². The Kier molecular flexibility index (Phi) is 2.58. The quantitative estimate of drug-likeness (QED) is 0.452. The number of carbonyl (C=O) groups is 1. The smallest absolute Gasteiger partial charge is 0.277 e. The summed E-state index contributed by atoms with van der Waals surface area (Å²) in [5.41, 5.74) is -0.806. The number of benzene rings is 1. The third-order valence-corrected chi connectivity index (χ3v) is 2.56. The van der Waals surface area contributed by atoms with Gasteiger partial charge in [0.25, 0.3) is 11.4 Å². The number of Topliss-reactive ketones (excluding diaryl/α,β-unsaturated/α-hetero) is 1. The van der Waals surface area contributed by atoms with Crippen molar-refractivity contribution in [2.24, 2.45) is 5.92 Å². The van der Waals surface area contributed by atoms with Gasteiger partial charge >= 0.3 is 0 Å². The first kappa shape index (κ1) is 11.2. The number of nitro benzene ring substituents is 2. The van der Waals surface area contributed by atoms with Crippen LogP contribution in [0.1, 0.15) is 23.2 Å².